The van der Waals surface area contributed by atoms with Gasteiger partial charge in [-0.25, -0.2) is 13.4 Å². The number of nitrogens with zero attached hydrogens (tertiary/aromatic N) is 5. The second-order valence-corrected chi connectivity index (χ2v) is 9.89. The summed E-state index contributed by atoms with van der Waals surface area (Å²) in [5.74, 6) is -0.511. The van der Waals surface area contributed by atoms with Crippen LogP contribution in [0.5, 0.6) is 5.88 Å². The Labute approximate surface area is 207 Å². The zero-order valence-corrected chi connectivity index (χ0v) is 20.7. The van der Waals surface area contributed by atoms with Crippen molar-refractivity contribution in [2.45, 2.75) is 64.1 Å². The Morgan fingerprint density at radius 3 is 2.69 bits per heavy atom. The molecule has 1 aliphatic rings. The van der Waals surface area contributed by atoms with Crippen molar-refractivity contribution in [3.8, 4) is 17.1 Å². The molecule has 0 aliphatic heterocycles. The van der Waals surface area contributed by atoms with Crippen molar-refractivity contribution in [1.82, 2.24) is 29.5 Å². The van der Waals surface area contributed by atoms with Gasteiger partial charge in [0.2, 0.25) is 11.8 Å². The normalized spacial score (nSPS) is 20.2. The second kappa shape index (κ2) is 9.05. The van der Waals surface area contributed by atoms with Gasteiger partial charge in [-0.2, -0.15) is 10.1 Å². The molecule has 3 N–H and O–H groups in total. The van der Waals surface area contributed by atoms with Gasteiger partial charge in [0.25, 0.3) is 5.91 Å². The summed E-state index contributed by atoms with van der Waals surface area (Å²) in [6.45, 7) is 5.56. The van der Waals surface area contributed by atoms with E-state index >= 15 is 4.39 Å². The van der Waals surface area contributed by atoms with Crippen LogP contribution in [0, 0.1) is 5.82 Å². The quantitative estimate of drug-likeness (QED) is 0.375. The summed E-state index contributed by atoms with van der Waals surface area (Å²) in [6.07, 6.45) is 5.80. The van der Waals surface area contributed by atoms with E-state index in [1.807, 2.05) is 20.8 Å². The number of aromatic nitrogens is 5. The first kappa shape index (κ1) is 24.0. The molecule has 0 bridgehead atoms. The maximum atomic E-state index is 15.5. The Kier molecular flexibility index (Phi) is 6.03. The van der Waals surface area contributed by atoms with Crippen LogP contribution >= 0.6 is 0 Å². The third kappa shape index (κ3) is 4.34. The Balaban J connectivity index is 1.61. The van der Waals surface area contributed by atoms with Crippen molar-refractivity contribution in [2.75, 3.05) is 12.4 Å². The lowest BCUT2D eigenvalue weighted by molar-refractivity contribution is 0.0195. The van der Waals surface area contributed by atoms with E-state index < -0.39 is 11.4 Å². The van der Waals surface area contributed by atoms with E-state index in [9.17, 15) is 9.90 Å². The molecule has 5 rings (SSSR count). The fourth-order valence-corrected chi connectivity index (χ4v) is 4.75. The molecule has 0 aromatic carbocycles. The Morgan fingerprint density at radius 2 is 2.00 bits per heavy atom. The zero-order chi connectivity index (χ0) is 25.6. The molecule has 190 valence electrons. The van der Waals surface area contributed by atoms with Crippen LogP contribution in [0.2, 0.25) is 0 Å². The van der Waals surface area contributed by atoms with Gasteiger partial charge in [0.15, 0.2) is 5.82 Å². The van der Waals surface area contributed by atoms with E-state index in [-0.39, 0.29) is 46.2 Å². The van der Waals surface area contributed by atoms with Crippen LogP contribution in [-0.2, 0) is 0 Å². The van der Waals surface area contributed by atoms with Crippen molar-refractivity contribution < 1.29 is 19.0 Å². The van der Waals surface area contributed by atoms with Gasteiger partial charge in [0.1, 0.15) is 11.2 Å². The highest BCUT2D eigenvalue weighted by molar-refractivity contribution is 6.08. The Hall–Kier alpha value is -3.73. The number of fused-ring (bicyclic) bond motifs is 2. The molecule has 1 saturated carbocycles. The highest BCUT2D eigenvalue weighted by atomic mass is 19.1. The molecule has 1 fully saturated rings. The van der Waals surface area contributed by atoms with Gasteiger partial charge in [-0.05, 0) is 58.6 Å². The molecule has 10 nitrogen and oxygen atoms in total. The lowest BCUT2D eigenvalue weighted by Gasteiger charge is -2.33. The number of ether oxygens (including phenoxy) is 1. The van der Waals surface area contributed by atoms with Gasteiger partial charge in [-0.15, -0.1) is 5.10 Å². The molecule has 0 atom stereocenters. The van der Waals surface area contributed by atoms with Crippen molar-refractivity contribution >= 4 is 22.9 Å². The number of anilines is 1. The van der Waals surface area contributed by atoms with Gasteiger partial charge in [-0.1, -0.05) is 6.07 Å². The summed E-state index contributed by atoms with van der Waals surface area (Å²) in [4.78, 5) is 17.7. The number of aliphatic hydroxyl groups is 1. The number of halogens is 1. The fraction of sp³-hybridized carbons (Fsp3) is 0.440. The van der Waals surface area contributed by atoms with E-state index in [0.717, 1.165) is 12.8 Å². The lowest BCUT2D eigenvalue weighted by Crippen LogP contribution is -2.36. The average molecular weight is 496 g/mol. The van der Waals surface area contributed by atoms with Crippen molar-refractivity contribution in [3.63, 3.8) is 0 Å². The van der Waals surface area contributed by atoms with Crippen LogP contribution in [0.3, 0.4) is 0 Å². The number of pyridine rings is 1. The first-order chi connectivity index (χ1) is 17.2. The molecule has 0 unspecified atom stereocenters. The first-order valence-electron chi connectivity index (χ1n) is 12.1. The first-order valence-corrected chi connectivity index (χ1v) is 12.1. The van der Waals surface area contributed by atoms with E-state index in [1.165, 1.54) is 17.8 Å². The van der Waals surface area contributed by atoms with Crippen LogP contribution < -0.4 is 15.4 Å². The minimum atomic E-state index is -0.660. The van der Waals surface area contributed by atoms with Crippen molar-refractivity contribution in [1.29, 1.82) is 0 Å². The maximum absolute atomic E-state index is 15.5. The Morgan fingerprint density at radius 1 is 1.25 bits per heavy atom. The van der Waals surface area contributed by atoms with E-state index in [2.05, 4.69) is 25.8 Å². The number of carbonyl (C=O) groups excluding carboxylic acids is 1. The summed E-state index contributed by atoms with van der Waals surface area (Å²) >= 11 is 0. The molecular formula is C25H30FN7O3. The highest BCUT2D eigenvalue weighted by Gasteiger charge is 2.31. The third-order valence-electron chi connectivity index (χ3n) is 6.57. The SMILES string of the molecule is COc1nc(NC2CCC(C)(O)CC2)nn2cc(F)c(-c3nn4ccccc4c3C(=O)NC(C)C)c12. The number of nitrogens with one attached hydrogen (secondary N) is 2. The minimum absolute atomic E-state index is 0.0806. The molecule has 0 saturated heterocycles. The lowest BCUT2D eigenvalue weighted by atomic mass is 9.84. The van der Waals surface area contributed by atoms with Crippen LogP contribution in [-0.4, -0.2) is 60.0 Å². The van der Waals surface area contributed by atoms with Crippen molar-refractivity contribution in [3.05, 3.63) is 42.0 Å². The van der Waals surface area contributed by atoms with Crippen LogP contribution in [0.25, 0.3) is 22.3 Å². The highest BCUT2D eigenvalue weighted by Crippen LogP contribution is 2.37. The van der Waals surface area contributed by atoms with Gasteiger partial charge < -0.3 is 20.5 Å². The summed E-state index contributed by atoms with van der Waals surface area (Å²) in [5, 5.41) is 25.4. The summed E-state index contributed by atoms with van der Waals surface area (Å²) in [7, 11) is 1.45. The van der Waals surface area contributed by atoms with Gasteiger partial charge in [-0.3, -0.25) is 4.79 Å². The van der Waals surface area contributed by atoms with Gasteiger partial charge in [0, 0.05) is 18.3 Å². The molecule has 1 aliphatic carbocycles. The molecule has 4 heterocycles. The average Bonchev–Trinajstić information content (AvgIpc) is 3.36. The topological polar surface area (TPSA) is 118 Å². The van der Waals surface area contributed by atoms with Gasteiger partial charge in [0.05, 0.1) is 35.6 Å². The van der Waals surface area contributed by atoms with E-state index in [1.54, 1.807) is 28.9 Å². The number of rotatable bonds is 6. The number of methoxy groups -OCH3 is 1. The number of carbonyl (C=O) groups is 1. The van der Waals surface area contributed by atoms with Crippen LogP contribution in [0.4, 0.5) is 10.3 Å². The molecule has 4 aromatic rings. The monoisotopic (exact) mass is 495 g/mol. The number of hydrogen-bond acceptors (Lipinski definition) is 7. The predicted molar refractivity (Wildman–Crippen MR) is 133 cm³/mol. The predicted octanol–water partition coefficient (Wildman–Crippen LogP) is 3.44. The molecule has 4 aromatic heterocycles. The van der Waals surface area contributed by atoms with Gasteiger partial charge >= 0.3 is 0 Å². The largest absolute Gasteiger partial charge is 0.479 e. The molecule has 36 heavy (non-hydrogen) atoms. The molecule has 1 amide bonds. The fourth-order valence-electron chi connectivity index (χ4n) is 4.75. The summed E-state index contributed by atoms with van der Waals surface area (Å²) < 4.78 is 24.0. The molecule has 0 radical (unpaired) electrons. The molecule has 0 spiro atoms. The smallest absolute Gasteiger partial charge is 0.255 e. The standard InChI is InChI=1S/C25H30FN7O3/c1-14(2)27-22(34)19-17-7-5-6-12-32(17)30-20(19)18-16(26)13-33-21(18)23(36-4)29-24(31-33)28-15-8-10-25(3,35)11-9-15/h5-7,12-15,35H,8-11H2,1-4H3,(H,27,34)(H,28,31). The van der Waals surface area contributed by atoms with E-state index in [0.29, 0.717) is 24.3 Å². The van der Waals surface area contributed by atoms with Crippen LogP contribution in [0.15, 0.2) is 30.6 Å². The number of hydrogen-bond donors (Lipinski definition) is 3. The Bertz CT molecular complexity index is 1430. The van der Waals surface area contributed by atoms with Crippen molar-refractivity contribution in [2.24, 2.45) is 0 Å². The van der Waals surface area contributed by atoms with E-state index in [4.69, 9.17) is 4.74 Å². The third-order valence-corrected chi connectivity index (χ3v) is 6.57. The zero-order valence-electron chi connectivity index (χ0n) is 20.7. The summed E-state index contributed by atoms with van der Waals surface area (Å²) in [5.41, 5.74) is 0.688. The molecule has 11 heteroatoms. The number of amides is 1. The summed E-state index contributed by atoms with van der Waals surface area (Å²) in [6, 6.07) is 5.31. The molecular weight excluding hydrogens is 465 g/mol. The second-order valence-electron chi connectivity index (χ2n) is 9.89. The maximum Gasteiger partial charge on any atom is 0.255 e. The minimum Gasteiger partial charge on any atom is -0.479 e. The van der Waals surface area contributed by atoms with Crippen LogP contribution in [0.1, 0.15) is 56.8 Å².